The number of amides is 1. The van der Waals surface area contributed by atoms with E-state index in [1.54, 1.807) is 22.7 Å². The molecule has 0 aliphatic carbocycles. The number of hydrogen-bond acceptors (Lipinski definition) is 2. The fourth-order valence-electron chi connectivity index (χ4n) is 2.46. The van der Waals surface area contributed by atoms with Crippen LogP contribution in [-0.2, 0) is 0 Å². The van der Waals surface area contributed by atoms with Gasteiger partial charge in [0, 0.05) is 23.0 Å². The number of anilines is 1. The predicted molar refractivity (Wildman–Crippen MR) is 88.8 cm³/mol. The minimum absolute atomic E-state index is 0.180. The molecular formula is C17H16ClN3O. The molecule has 0 aliphatic rings. The number of halogens is 1. The van der Waals surface area contributed by atoms with Crippen LogP contribution in [0.15, 0.2) is 36.5 Å². The van der Waals surface area contributed by atoms with Crippen molar-refractivity contribution in [2.45, 2.75) is 20.8 Å². The van der Waals surface area contributed by atoms with E-state index in [2.05, 4.69) is 10.3 Å². The molecule has 3 rings (SSSR count). The number of carbonyl (C=O) groups excluding carboxylic acids is 1. The van der Waals surface area contributed by atoms with Crippen molar-refractivity contribution in [2.75, 3.05) is 5.32 Å². The molecule has 0 aliphatic heterocycles. The Morgan fingerprint density at radius 2 is 1.95 bits per heavy atom. The number of rotatable bonds is 2. The number of pyridine rings is 1. The highest BCUT2D eigenvalue weighted by Gasteiger charge is 2.17. The number of aryl methyl sites for hydroxylation is 3. The van der Waals surface area contributed by atoms with E-state index in [4.69, 9.17) is 11.6 Å². The second kappa shape index (κ2) is 5.46. The summed E-state index contributed by atoms with van der Waals surface area (Å²) in [6, 6.07) is 9.45. The van der Waals surface area contributed by atoms with Crippen LogP contribution in [0.4, 0.5) is 5.69 Å². The van der Waals surface area contributed by atoms with Crippen molar-refractivity contribution in [2.24, 2.45) is 0 Å². The molecule has 2 aromatic heterocycles. The van der Waals surface area contributed by atoms with Crippen molar-refractivity contribution < 1.29 is 4.79 Å². The molecule has 2 heterocycles. The van der Waals surface area contributed by atoms with Gasteiger partial charge in [0.1, 0.15) is 11.3 Å². The van der Waals surface area contributed by atoms with Crippen LogP contribution in [0.2, 0.25) is 5.02 Å². The van der Waals surface area contributed by atoms with Gasteiger partial charge in [0.25, 0.3) is 5.91 Å². The van der Waals surface area contributed by atoms with E-state index in [0.717, 1.165) is 16.8 Å². The van der Waals surface area contributed by atoms with Gasteiger partial charge < -0.3 is 5.32 Å². The zero-order chi connectivity index (χ0) is 15.9. The van der Waals surface area contributed by atoms with Crippen LogP contribution < -0.4 is 5.32 Å². The fraction of sp³-hybridized carbons (Fsp3) is 0.176. The molecule has 1 aromatic carbocycles. The molecule has 0 radical (unpaired) electrons. The van der Waals surface area contributed by atoms with Crippen LogP contribution in [0.1, 0.15) is 27.3 Å². The summed E-state index contributed by atoms with van der Waals surface area (Å²) in [7, 11) is 0. The Bertz CT molecular complexity index is 883. The molecule has 22 heavy (non-hydrogen) atoms. The predicted octanol–water partition coefficient (Wildman–Crippen LogP) is 4.17. The molecule has 3 aromatic rings. The number of nitrogens with zero attached hydrogens (tertiary/aromatic N) is 2. The van der Waals surface area contributed by atoms with Crippen LogP contribution in [0, 0.1) is 20.8 Å². The minimum Gasteiger partial charge on any atom is -0.320 e. The molecule has 5 heteroatoms. The monoisotopic (exact) mass is 313 g/mol. The van der Waals surface area contributed by atoms with Gasteiger partial charge in [0.05, 0.1) is 5.69 Å². The second-order valence-corrected chi connectivity index (χ2v) is 5.83. The van der Waals surface area contributed by atoms with Gasteiger partial charge in [-0.3, -0.25) is 9.20 Å². The molecule has 0 saturated heterocycles. The molecule has 0 bridgehead atoms. The van der Waals surface area contributed by atoms with E-state index in [9.17, 15) is 4.79 Å². The number of nitrogens with one attached hydrogen (secondary N) is 1. The third-order valence-corrected chi connectivity index (χ3v) is 3.85. The van der Waals surface area contributed by atoms with Crippen LogP contribution in [0.5, 0.6) is 0 Å². The average molecular weight is 314 g/mol. The lowest BCUT2D eigenvalue weighted by Crippen LogP contribution is -2.16. The first-order valence-corrected chi connectivity index (χ1v) is 7.36. The van der Waals surface area contributed by atoms with Gasteiger partial charge in [-0.1, -0.05) is 23.7 Å². The zero-order valence-electron chi connectivity index (χ0n) is 12.6. The van der Waals surface area contributed by atoms with Gasteiger partial charge in [-0.05, 0) is 44.0 Å². The van der Waals surface area contributed by atoms with Gasteiger partial charge in [-0.15, -0.1) is 0 Å². The highest BCUT2D eigenvalue weighted by atomic mass is 35.5. The number of carbonyl (C=O) groups is 1. The molecule has 0 unspecified atom stereocenters. The summed E-state index contributed by atoms with van der Waals surface area (Å²) in [6.45, 7) is 5.78. The lowest BCUT2D eigenvalue weighted by atomic mass is 10.1. The molecule has 0 fully saturated rings. The molecule has 0 saturated carbocycles. The van der Waals surface area contributed by atoms with Gasteiger partial charge >= 0.3 is 0 Å². The Hall–Kier alpha value is -2.33. The van der Waals surface area contributed by atoms with Gasteiger partial charge in [-0.25, -0.2) is 4.98 Å². The fourth-order valence-corrected chi connectivity index (χ4v) is 2.62. The van der Waals surface area contributed by atoms with Crippen molar-refractivity contribution in [3.05, 3.63) is 64.1 Å². The van der Waals surface area contributed by atoms with E-state index < -0.39 is 0 Å². The second-order valence-electron chi connectivity index (χ2n) is 5.39. The largest absolute Gasteiger partial charge is 0.320 e. The quantitative estimate of drug-likeness (QED) is 0.772. The van der Waals surface area contributed by atoms with E-state index in [1.807, 2.05) is 39.0 Å². The third-order valence-electron chi connectivity index (χ3n) is 3.62. The summed E-state index contributed by atoms with van der Waals surface area (Å²) in [5.74, 6) is -0.180. The summed E-state index contributed by atoms with van der Waals surface area (Å²) in [4.78, 5) is 17.0. The topological polar surface area (TPSA) is 46.4 Å². The molecular weight excluding hydrogens is 298 g/mol. The number of imidazole rings is 1. The van der Waals surface area contributed by atoms with E-state index in [1.165, 1.54) is 0 Å². The lowest BCUT2D eigenvalue weighted by molar-refractivity contribution is 0.102. The SMILES string of the molecule is Cc1ccc(C)c(NC(=O)c2c(C)nc3cc(Cl)ccn23)c1. The lowest BCUT2D eigenvalue weighted by Gasteiger charge is -2.10. The van der Waals surface area contributed by atoms with Crippen molar-refractivity contribution in [3.63, 3.8) is 0 Å². The highest BCUT2D eigenvalue weighted by molar-refractivity contribution is 6.30. The number of fused-ring (bicyclic) bond motifs is 1. The van der Waals surface area contributed by atoms with Gasteiger partial charge in [0.2, 0.25) is 0 Å². The number of aromatic nitrogens is 2. The summed E-state index contributed by atoms with van der Waals surface area (Å²) < 4.78 is 1.75. The Kier molecular flexibility index (Phi) is 3.62. The van der Waals surface area contributed by atoms with E-state index in [0.29, 0.717) is 22.1 Å². The number of benzene rings is 1. The van der Waals surface area contributed by atoms with Crippen LogP contribution in [0.3, 0.4) is 0 Å². The van der Waals surface area contributed by atoms with Crippen LogP contribution in [-0.4, -0.2) is 15.3 Å². The molecule has 1 N–H and O–H groups in total. The Morgan fingerprint density at radius 3 is 2.73 bits per heavy atom. The summed E-state index contributed by atoms with van der Waals surface area (Å²) in [5.41, 5.74) is 4.79. The van der Waals surface area contributed by atoms with Gasteiger partial charge in [0.15, 0.2) is 0 Å². The molecule has 0 atom stereocenters. The first-order chi connectivity index (χ1) is 10.5. The summed E-state index contributed by atoms with van der Waals surface area (Å²) in [5, 5.41) is 3.56. The Balaban J connectivity index is 2.02. The first kappa shape index (κ1) is 14.6. The van der Waals surface area contributed by atoms with E-state index in [-0.39, 0.29) is 5.91 Å². The molecule has 0 spiro atoms. The van der Waals surface area contributed by atoms with Crippen LogP contribution in [0.25, 0.3) is 5.65 Å². The third kappa shape index (κ3) is 2.57. The van der Waals surface area contributed by atoms with Crippen molar-refractivity contribution in [1.82, 2.24) is 9.38 Å². The molecule has 1 amide bonds. The number of hydrogen-bond donors (Lipinski definition) is 1. The summed E-state index contributed by atoms with van der Waals surface area (Å²) >= 11 is 5.97. The minimum atomic E-state index is -0.180. The Morgan fingerprint density at radius 1 is 1.18 bits per heavy atom. The van der Waals surface area contributed by atoms with Crippen molar-refractivity contribution in [1.29, 1.82) is 0 Å². The maximum Gasteiger partial charge on any atom is 0.274 e. The van der Waals surface area contributed by atoms with E-state index >= 15 is 0 Å². The first-order valence-electron chi connectivity index (χ1n) is 6.98. The van der Waals surface area contributed by atoms with Crippen molar-refractivity contribution in [3.8, 4) is 0 Å². The smallest absolute Gasteiger partial charge is 0.274 e. The van der Waals surface area contributed by atoms with Crippen LogP contribution >= 0.6 is 11.6 Å². The summed E-state index contributed by atoms with van der Waals surface area (Å²) in [6.07, 6.45) is 1.76. The molecule has 4 nitrogen and oxygen atoms in total. The normalized spacial score (nSPS) is 10.9. The maximum atomic E-state index is 12.7. The standard InChI is InChI=1S/C17H16ClN3O/c1-10-4-5-11(2)14(8-10)20-17(22)16-12(3)19-15-9-13(18)6-7-21(15)16/h4-9H,1-3H3,(H,20,22). The van der Waals surface area contributed by atoms with Gasteiger partial charge in [-0.2, -0.15) is 0 Å². The maximum absolute atomic E-state index is 12.7. The highest BCUT2D eigenvalue weighted by Crippen LogP contribution is 2.20. The Labute approximate surface area is 133 Å². The average Bonchev–Trinajstić information content (AvgIpc) is 2.77. The molecule has 112 valence electrons. The van der Waals surface area contributed by atoms with Crippen molar-refractivity contribution >= 4 is 28.8 Å². The zero-order valence-corrected chi connectivity index (χ0v) is 13.4.